The Kier molecular flexibility index (Phi) is 10.1. The molecule has 50 heavy (non-hydrogen) atoms. The van der Waals surface area contributed by atoms with Crippen LogP contribution in [0.1, 0.15) is 34.2 Å². The topological polar surface area (TPSA) is 243 Å². The molecule has 3 amide bonds. The lowest BCUT2D eigenvalue weighted by atomic mass is 10.0. The first-order chi connectivity index (χ1) is 23.5. The highest BCUT2D eigenvalue weighted by Crippen LogP contribution is 2.29. The summed E-state index contributed by atoms with van der Waals surface area (Å²) >= 11 is 0. The number of carbonyl (C=O) groups is 3. The molecule has 0 saturated heterocycles. The van der Waals surface area contributed by atoms with Gasteiger partial charge in [0, 0.05) is 42.1 Å². The third-order valence-corrected chi connectivity index (χ3v) is 9.99. The van der Waals surface area contributed by atoms with Gasteiger partial charge in [0.2, 0.25) is 17.7 Å². The van der Waals surface area contributed by atoms with Gasteiger partial charge < -0.3 is 25.7 Å². The summed E-state index contributed by atoms with van der Waals surface area (Å²) in [6, 6.07) is 16.4. The minimum Gasteiger partial charge on any atom is -0.422 e. The van der Waals surface area contributed by atoms with Crippen molar-refractivity contribution in [2.24, 2.45) is 0 Å². The molecular weight excluding hydrogens is 693 g/mol. The van der Waals surface area contributed by atoms with Crippen LogP contribution in [0.15, 0.2) is 74.8 Å². The van der Waals surface area contributed by atoms with E-state index in [1.807, 2.05) is 24.3 Å². The molecule has 0 aliphatic carbocycles. The third kappa shape index (κ3) is 7.84. The Morgan fingerprint density at radius 1 is 0.980 bits per heavy atom. The van der Waals surface area contributed by atoms with Gasteiger partial charge in [0.1, 0.15) is 10.5 Å². The van der Waals surface area contributed by atoms with E-state index in [0.29, 0.717) is 11.3 Å². The van der Waals surface area contributed by atoms with Crippen LogP contribution in [0, 0.1) is 18.8 Å². The summed E-state index contributed by atoms with van der Waals surface area (Å²) < 4.78 is 72.0. The number of fused-ring (bicyclic) bond motifs is 3. The van der Waals surface area contributed by atoms with Crippen molar-refractivity contribution in [2.45, 2.75) is 36.5 Å². The van der Waals surface area contributed by atoms with Crippen molar-refractivity contribution in [1.82, 2.24) is 10.6 Å². The van der Waals surface area contributed by atoms with Crippen molar-refractivity contribution >= 4 is 60.3 Å². The van der Waals surface area contributed by atoms with Crippen LogP contribution in [0.5, 0.6) is 0 Å². The number of nitrogens with one attached hydrogen (secondary N) is 2. The number of benzene rings is 3. The fourth-order valence-corrected chi connectivity index (χ4v) is 6.64. The molecule has 3 aromatic carbocycles. The van der Waals surface area contributed by atoms with Gasteiger partial charge in [-0.1, -0.05) is 42.2 Å². The first-order valence-corrected chi connectivity index (χ1v) is 17.8. The molecule has 1 aliphatic rings. The van der Waals surface area contributed by atoms with E-state index in [4.69, 9.17) is 10.2 Å². The van der Waals surface area contributed by atoms with E-state index < -0.39 is 66.7 Å². The molecule has 17 heteroatoms. The zero-order chi connectivity index (χ0) is 36.4. The van der Waals surface area contributed by atoms with E-state index >= 15 is 0 Å². The molecule has 2 heterocycles. The van der Waals surface area contributed by atoms with Gasteiger partial charge in [0.05, 0.1) is 29.9 Å². The summed E-state index contributed by atoms with van der Waals surface area (Å²) in [5.41, 5.74) is 6.80. The Balaban J connectivity index is 1.25. The molecule has 1 aromatic heterocycles. The molecule has 6 N–H and O–H groups in total. The number of rotatable bonds is 10. The van der Waals surface area contributed by atoms with Crippen LogP contribution in [0.3, 0.4) is 0 Å². The standard InChI is InChI=1S/C33H30N4O11S2/c1-19-23-14-28(49(42,43)44)25(34)16-27(23)48-33(41)24(19)15-30(38)36-17-29(50(45,46)47)32(40)35-13-12-31(39)37-18-22-8-3-2-6-20(22)10-11-21-7-4-5-9-26(21)37/h2-9,14,16,29H,12-13,15,17-18,34H2,1H3,(H,35,40)(H,36,38)(H,42,43,44)(H,45,46,47). The van der Waals surface area contributed by atoms with Crippen LogP contribution in [-0.4, -0.2) is 62.0 Å². The maximum Gasteiger partial charge on any atom is 0.340 e. The largest absolute Gasteiger partial charge is 0.422 e. The molecule has 1 atom stereocenters. The summed E-state index contributed by atoms with van der Waals surface area (Å²) in [6.07, 6.45) is -0.934. The van der Waals surface area contributed by atoms with Gasteiger partial charge in [-0.3, -0.25) is 23.5 Å². The average Bonchev–Trinajstić information content (AvgIpc) is 3.02. The van der Waals surface area contributed by atoms with E-state index in [1.165, 1.54) is 11.8 Å². The number of amides is 3. The number of nitrogen functional groups attached to an aromatic ring is 1. The van der Waals surface area contributed by atoms with Crippen LogP contribution in [0.2, 0.25) is 0 Å². The maximum atomic E-state index is 13.4. The Morgan fingerprint density at radius 2 is 1.64 bits per heavy atom. The molecule has 0 spiro atoms. The smallest absolute Gasteiger partial charge is 0.340 e. The SMILES string of the molecule is Cc1c(CC(=O)NCC(C(=O)NCCC(=O)N2Cc3ccccc3C#Cc3ccccc32)S(=O)(=O)O)c(=O)oc2cc(N)c(S(=O)(=O)O)cc12. The molecule has 0 radical (unpaired) electrons. The van der Waals surface area contributed by atoms with Gasteiger partial charge in [-0.2, -0.15) is 16.8 Å². The molecule has 4 aromatic rings. The normalized spacial score (nSPS) is 13.1. The molecule has 5 rings (SSSR count). The van der Waals surface area contributed by atoms with Crippen molar-refractivity contribution in [3.8, 4) is 11.8 Å². The Morgan fingerprint density at radius 3 is 2.34 bits per heavy atom. The monoisotopic (exact) mass is 722 g/mol. The van der Waals surface area contributed by atoms with E-state index in [9.17, 15) is 45.1 Å². The molecular formula is C33H30N4O11S2. The molecule has 1 aliphatic heterocycles. The highest BCUT2D eigenvalue weighted by atomic mass is 32.2. The zero-order valence-corrected chi connectivity index (χ0v) is 27.9. The van der Waals surface area contributed by atoms with Gasteiger partial charge in [0.15, 0.2) is 5.25 Å². The minimum absolute atomic E-state index is 0.0512. The number of anilines is 2. The summed E-state index contributed by atoms with van der Waals surface area (Å²) in [4.78, 5) is 52.6. The lowest BCUT2D eigenvalue weighted by molar-refractivity contribution is -0.121. The van der Waals surface area contributed by atoms with Gasteiger partial charge >= 0.3 is 5.63 Å². The molecule has 0 saturated carbocycles. The van der Waals surface area contributed by atoms with Gasteiger partial charge in [0.25, 0.3) is 20.2 Å². The third-order valence-electron chi connectivity index (χ3n) is 7.98. The predicted octanol–water partition coefficient (Wildman–Crippen LogP) is 1.30. The highest BCUT2D eigenvalue weighted by Gasteiger charge is 2.32. The van der Waals surface area contributed by atoms with Crippen molar-refractivity contribution in [3.63, 3.8) is 0 Å². The number of carbonyl (C=O) groups excluding carboxylic acids is 3. The maximum absolute atomic E-state index is 13.4. The lowest BCUT2D eigenvalue weighted by Crippen LogP contribution is -2.48. The first-order valence-electron chi connectivity index (χ1n) is 14.9. The number of hydrogen-bond donors (Lipinski definition) is 5. The van der Waals surface area contributed by atoms with Crippen molar-refractivity contribution in [3.05, 3.63) is 98.9 Å². The summed E-state index contributed by atoms with van der Waals surface area (Å²) in [5, 5.41) is 2.39. The van der Waals surface area contributed by atoms with Gasteiger partial charge in [-0.05, 0) is 42.3 Å². The highest BCUT2D eigenvalue weighted by molar-refractivity contribution is 7.87. The van der Waals surface area contributed by atoms with Crippen LogP contribution in [-0.2, 0) is 47.6 Å². The van der Waals surface area contributed by atoms with Crippen LogP contribution < -0.4 is 26.9 Å². The fourth-order valence-electron chi connectivity index (χ4n) is 5.37. The number of para-hydroxylation sites is 1. The van der Waals surface area contributed by atoms with E-state index in [-0.39, 0.29) is 47.3 Å². The van der Waals surface area contributed by atoms with Crippen LogP contribution in [0.25, 0.3) is 11.0 Å². The van der Waals surface area contributed by atoms with Crippen molar-refractivity contribution in [1.29, 1.82) is 0 Å². The van der Waals surface area contributed by atoms with Crippen molar-refractivity contribution in [2.75, 3.05) is 23.7 Å². The Bertz CT molecular complexity index is 2400. The number of aryl methyl sites for hydroxylation is 1. The van der Waals surface area contributed by atoms with E-state index in [2.05, 4.69) is 22.5 Å². The zero-order valence-electron chi connectivity index (χ0n) is 26.3. The van der Waals surface area contributed by atoms with Crippen LogP contribution in [0.4, 0.5) is 11.4 Å². The second kappa shape index (κ2) is 14.1. The predicted molar refractivity (Wildman–Crippen MR) is 181 cm³/mol. The van der Waals surface area contributed by atoms with E-state index in [1.54, 1.807) is 24.3 Å². The number of nitrogens with zero attached hydrogens (tertiary/aromatic N) is 1. The summed E-state index contributed by atoms with van der Waals surface area (Å²) in [7, 11) is -9.80. The minimum atomic E-state index is -5.06. The second-order valence-electron chi connectivity index (χ2n) is 11.3. The molecule has 15 nitrogen and oxygen atoms in total. The van der Waals surface area contributed by atoms with Crippen molar-refractivity contribution < 1.29 is 44.7 Å². The first kappa shape index (κ1) is 35.8. The Labute approximate surface area is 286 Å². The van der Waals surface area contributed by atoms with Crippen LogP contribution >= 0.6 is 0 Å². The molecule has 0 fully saturated rings. The lowest BCUT2D eigenvalue weighted by Gasteiger charge is -2.26. The quantitative estimate of drug-likeness (QED) is 0.0673. The number of nitrogens with two attached hydrogens (primary N) is 1. The second-order valence-corrected chi connectivity index (χ2v) is 14.3. The van der Waals surface area contributed by atoms with Gasteiger partial charge in [-0.15, -0.1) is 0 Å². The molecule has 260 valence electrons. The summed E-state index contributed by atoms with van der Waals surface area (Å²) in [5.74, 6) is 3.65. The molecule has 1 unspecified atom stereocenters. The Hall–Kier alpha value is -5.54. The number of hydrogen-bond acceptors (Lipinski definition) is 10. The molecule has 0 bridgehead atoms. The average molecular weight is 723 g/mol. The van der Waals surface area contributed by atoms with Gasteiger partial charge in [-0.25, -0.2) is 4.79 Å². The fraction of sp³-hybridized carbons (Fsp3) is 0.212. The van der Waals surface area contributed by atoms with E-state index in [0.717, 1.165) is 23.3 Å². The summed E-state index contributed by atoms with van der Waals surface area (Å²) in [6.45, 7) is 0.378.